The van der Waals surface area contributed by atoms with Gasteiger partial charge < -0.3 is 15.1 Å². The van der Waals surface area contributed by atoms with Gasteiger partial charge in [0.25, 0.3) is 5.56 Å². The van der Waals surface area contributed by atoms with Crippen molar-refractivity contribution in [1.82, 2.24) is 9.55 Å². The van der Waals surface area contributed by atoms with Crippen LogP contribution in [0.5, 0.6) is 0 Å². The summed E-state index contributed by atoms with van der Waals surface area (Å²) in [5.41, 5.74) is 5.27. The molecule has 0 amide bonds. The lowest BCUT2D eigenvalue weighted by molar-refractivity contribution is 0.507. The third kappa shape index (κ3) is 2.61. The summed E-state index contributed by atoms with van der Waals surface area (Å²) in [6, 6.07) is 3.58. The predicted octanol–water partition coefficient (Wildman–Crippen LogP) is 0.758. The molecule has 0 bridgehead atoms. The summed E-state index contributed by atoms with van der Waals surface area (Å²) in [6.45, 7) is 2.79. The molecule has 108 valence electrons. The standard InChI is InChI=1S/C13H18N4O3/c1-3-6-17-11(14)10(12(18)15-13(17)19)16(2)8-9-5-4-7-20-9/h4-5,7H,3,6,8,14H2,1-2H3,(H,15,18,19). The Morgan fingerprint density at radius 1 is 1.45 bits per heavy atom. The normalized spacial score (nSPS) is 10.7. The number of anilines is 2. The molecule has 0 saturated heterocycles. The molecule has 0 aromatic carbocycles. The second-order valence-electron chi connectivity index (χ2n) is 4.58. The summed E-state index contributed by atoms with van der Waals surface area (Å²) < 4.78 is 6.61. The van der Waals surface area contributed by atoms with Crippen molar-refractivity contribution in [3.63, 3.8) is 0 Å². The van der Waals surface area contributed by atoms with Gasteiger partial charge in [-0.1, -0.05) is 6.92 Å². The number of nitrogens with zero attached hydrogens (tertiary/aromatic N) is 2. The van der Waals surface area contributed by atoms with Gasteiger partial charge in [-0.05, 0) is 18.6 Å². The smallest absolute Gasteiger partial charge is 0.330 e. The number of rotatable bonds is 5. The predicted molar refractivity (Wildman–Crippen MR) is 76.8 cm³/mol. The molecule has 2 heterocycles. The van der Waals surface area contributed by atoms with Crippen molar-refractivity contribution in [2.45, 2.75) is 26.4 Å². The van der Waals surface area contributed by atoms with Crippen LogP contribution in [0.25, 0.3) is 0 Å². The lowest BCUT2D eigenvalue weighted by atomic mass is 10.3. The molecule has 2 aromatic heterocycles. The zero-order valence-corrected chi connectivity index (χ0v) is 11.5. The van der Waals surface area contributed by atoms with Crippen molar-refractivity contribution in [3.05, 3.63) is 45.0 Å². The lowest BCUT2D eigenvalue weighted by Gasteiger charge is -2.20. The Morgan fingerprint density at radius 3 is 2.80 bits per heavy atom. The Morgan fingerprint density at radius 2 is 2.20 bits per heavy atom. The van der Waals surface area contributed by atoms with E-state index in [-0.39, 0.29) is 11.5 Å². The van der Waals surface area contributed by atoms with Crippen molar-refractivity contribution in [2.75, 3.05) is 17.7 Å². The van der Waals surface area contributed by atoms with Gasteiger partial charge in [0.1, 0.15) is 17.3 Å². The van der Waals surface area contributed by atoms with Gasteiger partial charge in [-0.15, -0.1) is 0 Å². The molecule has 3 N–H and O–H groups in total. The van der Waals surface area contributed by atoms with Crippen LogP contribution in [0.1, 0.15) is 19.1 Å². The summed E-state index contributed by atoms with van der Waals surface area (Å²) >= 11 is 0. The van der Waals surface area contributed by atoms with Gasteiger partial charge in [0.15, 0.2) is 0 Å². The van der Waals surface area contributed by atoms with Crippen molar-refractivity contribution in [2.24, 2.45) is 0 Å². The Bertz CT molecular complexity index is 685. The molecule has 2 rings (SSSR count). The monoisotopic (exact) mass is 278 g/mol. The highest BCUT2D eigenvalue weighted by Gasteiger charge is 2.16. The minimum atomic E-state index is -0.492. The Balaban J connectivity index is 2.42. The molecule has 20 heavy (non-hydrogen) atoms. The van der Waals surface area contributed by atoms with Crippen molar-refractivity contribution < 1.29 is 4.42 Å². The first-order chi connectivity index (χ1) is 9.54. The molecule has 0 unspecified atom stereocenters. The van der Waals surface area contributed by atoms with Crippen LogP contribution < -0.4 is 21.9 Å². The van der Waals surface area contributed by atoms with Crippen LogP contribution in [0.2, 0.25) is 0 Å². The second-order valence-corrected chi connectivity index (χ2v) is 4.58. The van der Waals surface area contributed by atoms with Crippen LogP contribution in [0, 0.1) is 0 Å². The number of nitrogen functional groups attached to an aromatic ring is 1. The fourth-order valence-corrected chi connectivity index (χ4v) is 2.11. The van der Waals surface area contributed by atoms with E-state index in [1.807, 2.05) is 13.0 Å². The van der Waals surface area contributed by atoms with E-state index >= 15 is 0 Å². The van der Waals surface area contributed by atoms with Gasteiger partial charge in [0.05, 0.1) is 12.8 Å². The van der Waals surface area contributed by atoms with Crippen molar-refractivity contribution in [1.29, 1.82) is 0 Å². The maximum Gasteiger partial charge on any atom is 0.330 e. The first-order valence-electron chi connectivity index (χ1n) is 6.40. The summed E-state index contributed by atoms with van der Waals surface area (Å²) in [6.07, 6.45) is 2.31. The van der Waals surface area contributed by atoms with E-state index < -0.39 is 11.2 Å². The molecule has 0 aliphatic heterocycles. The fraction of sp³-hybridized carbons (Fsp3) is 0.385. The lowest BCUT2D eigenvalue weighted by Crippen LogP contribution is -2.36. The van der Waals surface area contributed by atoms with Gasteiger partial charge >= 0.3 is 5.69 Å². The van der Waals surface area contributed by atoms with E-state index in [1.54, 1.807) is 24.3 Å². The van der Waals surface area contributed by atoms with E-state index in [1.165, 1.54) is 4.57 Å². The third-order valence-corrected chi connectivity index (χ3v) is 3.02. The number of aromatic amines is 1. The molecular formula is C13H18N4O3. The van der Waals surface area contributed by atoms with E-state index in [2.05, 4.69) is 4.98 Å². The number of nitrogens with one attached hydrogen (secondary N) is 1. The SMILES string of the molecule is CCCn1c(N)c(N(C)Cc2ccco2)c(=O)[nH]c1=O. The average molecular weight is 278 g/mol. The molecule has 0 fully saturated rings. The maximum absolute atomic E-state index is 12.0. The number of H-pyrrole nitrogens is 1. The van der Waals surface area contributed by atoms with Gasteiger partial charge in [-0.3, -0.25) is 14.3 Å². The van der Waals surface area contributed by atoms with Crippen LogP contribution >= 0.6 is 0 Å². The molecule has 0 atom stereocenters. The molecule has 7 heteroatoms. The van der Waals surface area contributed by atoms with Gasteiger partial charge in [0, 0.05) is 13.6 Å². The highest BCUT2D eigenvalue weighted by molar-refractivity contribution is 5.61. The van der Waals surface area contributed by atoms with Crippen LogP contribution in [0.4, 0.5) is 11.5 Å². The zero-order valence-electron chi connectivity index (χ0n) is 11.5. The first kappa shape index (κ1) is 14.0. The molecule has 2 aromatic rings. The highest BCUT2D eigenvalue weighted by Crippen LogP contribution is 2.17. The van der Waals surface area contributed by atoms with E-state index in [9.17, 15) is 9.59 Å². The highest BCUT2D eigenvalue weighted by atomic mass is 16.3. The molecule has 0 radical (unpaired) electrons. The van der Waals surface area contributed by atoms with Gasteiger partial charge in [-0.25, -0.2) is 4.79 Å². The van der Waals surface area contributed by atoms with Crippen molar-refractivity contribution in [3.8, 4) is 0 Å². The number of hydrogen-bond acceptors (Lipinski definition) is 5. The van der Waals surface area contributed by atoms with E-state index in [4.69, 9.17) is 10.2 Å². The molecule has 0 aliphatic carbocycles. The molecule has 0 aliphatic rings. The number of hydrogen-bond donors (Lipinski definition) is 2. The van der Waals surface area contributed by atoms with Crippen LogP contribution in [-0.2, 0) is 13.1 Å². The third-order valence-electron chi connectivity index (χ3n) is 3.02. The number of furan rings is 1. The molecular weight excluding hydrogens is 260 g/mol. The fourth-order valence-electron chi connectivity index (χ4n) is 2.11. The Kier molecular flexibility index (Phi) is 3.97. The average Bonchev–Trinajstić information content (AvgIpc) is 2.87. The summed E-state index contributed by atoms with van der Waals surface area (Å²) in [5, 5.41) is 0. The number of aromatic nitrogens is 2. The van der Waals surface area contributed by atoms with E-state index in [0.717, 1.165) is 6.42 Å². The topological polar surface area (TPSA) is 97.3 Å². The molecule has 0 spiro atoms. The van der Waals surface area contributed by atoms with Crippen molar-refractivity contribution >= 4 is 11.5 Å². The largest absolute Gasteiger partial charge is 0.467 e. The van der Waals surface area contributed by atoms with Crippen LogP contribution in [-0.4, -0.2) is 16.6 Å². The summed E-state index contributed by atoms with van der Waals surface area (Å²) in [5.74, 6) is 0.884. The van der Waals surface area contributed by atoms with Gasteiger partial charge in [0.2, 0.25) is 0 Å². The second kappa shape index (κ2) is 5.68. The molecule has 0 saturated carbocycles. The quantitative estimate of drug-likeness (QED) is 0.841. The number of nitrogens with two attached hydrogens (primary N) is 1. The van der Waals surface area contributed by atoms with Gasteiger partial charge in [-0.2, -0.15) is 0 Å². The molecule has 7 nitrogen and oxygen atoms in total. The summed E-state index contributed by atoms with van der Waals surface area (Å²) in [4.78, 5) is 27.7. The van der Waals surface area contributed by atoms with E-state index in [0.29, 0.717) is 18.8 Å². The maximum atomic E-state index is 12.0. The zero-order chi connectivity index (χ0) is 14.7. The van der Waals surface area contributed by atoms with Crippen LogP contribution in [0.3, 0.4) is 0 Å². The minimum Gasteiger partial charge on any atom is -0.467 e. The Labute approximate surface area is 115 Å². The minimum absolute atomic E-state index is 0.176. The first-order valence-corrected chi connectivity index (χ1v) is 6.40. The van der Waals surface area contributed by atoms with Crippen LogP contribution in [0.15, 0.2) is 32.4 Å². The Hall–Kier alpha value is -2.44. The summed E-state index contributed by atoms with van der Waals surface area (Å²) in [7, 11) is 1.73.